The van der Waals surface area contributed by atoms with E-state index >= 15 is 0 Å². The molecule has 0 atom stereocenters. The van der Waals surface area contributed by atoms with Gasteiger partial charge in [-0.3, -0.25) is 0 Å². The first kappa shape index (κ1) is 13.7. The number of anilines is 1. The summed E-state index contributed by atoms with van der Waals surface area (Å²) in [5.74, 6) is -0.767. The molecule has 2 heterocycles. The molecule has 19 heavy (non-hydrogen) atoms. The van der Waals surface area contributed by atoms with Crippen LogP contribution in [0.2, 0.25) is 0 Å². The number of carboxylic acids is 1. The molecule has 2 rings (SSSR count). The molecule has 0 amide bonds. The Hall–Kier alpha value is -1.74. The van der Waals surface area contributed by atoms with Crippen molar-refractivity contribution in [3.05, 3.63) is 18.1 Å². The predicted octanol–water partition coefficient (Wildman–Crippen LogP) is -0.744. The molecule has 9 heteroatoms. The van der Waals surface area contributed by atoms with Crippen LogP contribution >= 0.6 is 0 Å². The van der Waals surface area contributed by atoms with E-state index in [2.05, 4.69) is 9.97 Å². The van der Waals surface area contributed by atoms with Gasteiger partial charge in [0.05, 0.1) is 6.26 Å². The molecule has 1 saturated heterocycles. The van der Waals surface area contributed by atoms with E-state index in [-0.39, 0.29) is 5.56 Å². The first-order valence-electron chi connectivity index (χ1n) is 5.63. The summed E-state index contributed by atoms with van der Waals surface area (Å²) in [5, 5.41) is 9.06. The first-order chi connectivity index (χ1) is 8.89. The van der Waals surface area contributed by atoms with Gasteiger partial charge in [0, 0.05) is 32.4 Å². The minimum atomic E-state index is -3.20. The lowest BCUT2D eigenvalue weighted by atomic mass is 10.2. The summed E-state index contributed by atoms with van der Waals surface area (Å²) in [6.45, 7) is 1.46. The lowest BCUT2D eigenvalue weighted by molar-refractivity contribution is 0.0696. The summed E-state index contributed by atoms with van der Waals surface area (Å²) in [5.41, 5.74) is 0.0234. The van der Waals surface area contributed by atoms with Crippen LogP contribution in [0.5, 0.6) is 0 Å². The highest BCUT2D eigenvalue weighted by molar-refractivity contribution is 7.88. The van der Waals surface area contributed by atoms with Crippen molar-refractivity contribution >= 4 is 21.8 Å². The molecule has 1 aliphatic heterocycles. The number of carboxylic acid groups (broad SMARTS) is 1. The largest absolute Gasteiger partial charge is 0.477 e. The van der Waals surface area contributed by atoms with Crippen molar-refractivity contribution in [2.75, 3.05) is 37.3 Å². The Kier molecular flexibility index (Phi) is 3.67. The summed E-state index contributed by atoms with van der Waals surface area (Å²) < 4.78 is 24.2. The Morgan fingerprint density at radius 1 is 1.32 bits per heavy atom. The third-order valence-corrected chi connectivity index (χ3v) is 4.23. The summed E-state index contributed by atoms with van der Waals surface area (Å²) in [4.78, 5) is 20.5. The zero-order chi connectivity index (χ0) is 14.0. The lowest BCUT2D eigenvalue weighted by Crippen LogP contribution is -2.49. The molecule has 0 aromatic carbocycles. The van der Waals surface area contributed by atoms with E-state index in [1.54, 1.807) is 4.90 Å². The monoisotopic (exact) mass is 286 g/mol. The van der Waals surface area contributed by atoms with Gasteiger partial charge in [-0.05, 0) is 0 Å². The lowest BCUT2D eigenvalue weighted by Gasteiger charge is -2.34. The number of nitrogens with zero attached hydrogens (tertiary/aromatic N) is 4. The predicted molar refractivity (Wildman–Crippen MR) is 67.6 cm³/mol. The van der Waals surface area contributed by atoms with Crippen LogP contribution in [0.4, 0.5) is 5.82 Å². The van der Waals surface area contributed by atoms with Crippen LogP contribution in [0.3, 0.4) is 0 Å². The average Bonchev–Trinajstić information content (AvgIpc) is 2.38. The van der Waals surface area contributed by atoms with Crippen molar-refractivity contribution in [3.8, 4) is 0 Å². The normalized spacial score (nSPS) is 17.4. The maximum atomic E-state index is 11.4. The third-order valence-electron chi connectivity index (χ3n) is 2.93. The topological polar surface area (TPSA) is 104 Å². The fourth-order valence-electron chi connectivity index (χ4n) is 1.96. The minimum absolute atomic E-state index is 0.0234. The van der Waals surface area contributed by atoms with Crippen molar-refractivity contribution < 1.29 is 18.3 Å². The maximum absolute atomic E-state index is 11.4. The molecule has 1 aromatic heterocycles. The highest BCUT2D eigenvalue weighted by atomic mass is 32.2. The van der Waals surface area contributed by atoms with Crippen LogP contribution in [0.1, 0.15) is 10.4 Å². The van der Waals surface area contributed by atoms with Gasteiger partial charge in [-0.2, -0.15) is 4.31 Å². The van der Waals surface area contributed by atoms with Gasteiger partial charge in [-0.15, -0.1) is 0 Å². The summed E-state index contributed by atoms with van der Waals surface area (Å²) in [6.07, 6.45) is 3.69. The fraction of sp³-hybridized carbons (Fsp3) is 0.500. The number of piperazine rings is 1. The van der Waals surface area contributed by atoms with Gasteiger partial charge >= 0.3 is 5.97 Å². The van der Waals surface area contributed by atoms with Crippen molar-refractivity contribution in [1.29, 1.82) is 0 Å². The van der Waals surface area contributed by atoms with Crippen molar-refractivity contribution in [3.63, 3.8) is 0 Å². The Morgan fingerprint density at radius 3 is 2.47 bits per heavy atom. The zero-order valence-electron chi connectivity index (χ0n) is 10.4. The number of rotatable bonds is 3. The zero-order valence-corrected chi connectivity index (χ0v) is 11.2. The second kappa shape index (κ2) is 5.10. The van der Waals surface area contributed by atoms with Crippen LogP contribution < -0.4 is 4.90 Å². The quantitative estimate of drug-likeness (QED) is 0.780. The maximum Gasteiger partial charge on any atom is 0.341 e. The van der Waals surface area contributed by atoms with Gasteiger partial charge in [0.1, 0.15) is 17.7 Å². The average molecular weight is 286 g/mol. The molecule has 0 saturated carbocycles. The van der Waals surface area contributed by atoms with Crippen LogP contribution in [-0.4, -0.2) is 66.2 Å². The number of hydrogen-bond acceptors (Lipinski definition) is 6. The van der Waals surface area contributed by atoms with Crippen molar-refractivity contribution in [2.45, 2.75) is 0 Å². The number of hydrogen-bond donors (Lipinski definition) is 1. The number of aromatic carboxylic acids is 1. The number of sulfonamides is 1. The Balaban J connectivity index is 2.16. The summed E-state index contributed by atoms with van der Waals surface area (Å²) >= 11 is 0. The summed E-state index contributed by atoms with van der Waals surface area (Å²) in [6, 6.07) is 0. The molecule has 8 nitrogen and oxygen atoms in total. The second-order valence-electron chi connectivity index (χ2n) is 4.21. The van der Waals surface area contributed by atoms with Gasteiger partial charge in [-0.25, -0.2) is 23.2 Å². The van der Waals surface area contributed by atoms with Gasteiger partial charge in [0.15, 0.2) is 0 Å². The molecule has 0 unspecified atom stereocenters. The van der Waals surface area contributed by atoms with Crippen molar-refractivity contribution in [1.82, 2.24) is 14.3 Å². The van der Waals surface area contributed by atoms with E-state index in [0.717, 1.165) is 6.26 Å². The highest BCUT2D eigenvalue weighted by Gasteiger charge is 2.26. The van der Waals surface area contributed by atoms with Crippen LogP contribution in [0.25, 0.3) is 0 Å². The highest BCUT2D eigenvalue weighted by Crippen LogP contribution is 2.18. The van der Waals surface area contributed by atoms with Gasteiger partial charge in [-0.1, -0.05) is 0 Å². The number of aromatic nitrogens is 2. The third kappa shape index (κ3) is 2.99. The van der Waals surface area contributed by atoms with E-state index < -0.39 is 16.0 Å². The molecule has 0 bridgehead atoms. The van der Waals surface area contributed by atoms with Crippen LogP contribution in [-0.2, 0) is 10.0 Å². The molecule has 1 aliphatic rings. The Morgan fingerprint density at radius 2 is 1.95 bits per heavy atom. The van der Waals surface area contributed by atoms with E-state index in [1.165, 1.54) is 16.8 Å². The van der Waals surface area contributed by atoms with Gasteiger partial charge in [0.2, 0.25) is 10.0 Å². The molecule has 1 N–H and O–H groups in total. The molecular weight excluding hydrogens is 272 g/mol. The smallest absolute Gasteiger partial charge is 0.341 e. The van der Waals surface area contributed by atoms with Gasteiger partial charge < -0.3 is 10.0 Å². The molecule has 1 fully saturated rings. The molecule has 0 spiro atoms. The van der Waals surface area contributed by atoms with E-state index in [1.807, 2.05) is 0 Å². The fourth-order valence-corrected chi connectivity index (χ4v) is 2.78. The number of carbonyl (C=O) groups is 1. The SMILES string of the molecule is CS(=O)(=O)N1CCN(c2ncncc2C(=O)O)CC1. The standard InChI is InChI=1S/C10H14N4O4S/c1-19(17,18)14-4-2-13(3-5-14)9-8(10(15)16)6-11-7-12-9/h6-7H,2-5H2,1H3,(H,15,16). The Labute approximate surface area is 110 Å². The summed E-state index contributed by atoms with van der Waals surface area (Å²) in [7, 11) is -3.20. The van der Waals surface area contributed by atoms with Gasteiger partial charge in [0.25, 0.3) is 0 Å². The van der Waals surface area contributed by atoms with E-state index in [0.29, 0.717) is 32.0 Å². The van der Waals surface area contributed by atoms with Crippen LogP contribution in [0, 0.1) is 0 Å². The molecule has 104 valence electrons. The van der Waals surface area contributed by atoms with Crippen molar-refractivity contribution in [2.24, 2.45) is 0 Å². The van der Waals surface area contributed by atoms with E-state index in [9.17, 15) is 13.2 Å². The van der Waals surface area contributed by atoms with E-state index in [4.69, 9.17) is 5.11 Å². The first-order valence-corrected chi connectivity index (χ1v) is 7.48. The molecule has 0 radical (unpaired) electrons. The van der Waals surface area contributed by atoms with Crippen LogP contribution in [0.15, 0.2) is 12.5 Å². The Bertz CT molecular complexity index is 581. The molecular formula is C10H14N4O4S. The molecule has 0 aliphatic carbocycles. The minimum Gasteiger partial charge on any atom is -0.477 e. The molecule has 1 aromatic rings. The second-order valence-corrected chi connectivity index (χ2v) is 6.20.